The highest BCUT2D eigenvalue weighted by Gasteiger charge is 2.65. The zero-order chi connectivity index (χ0) is 21.1. The van der Waals surface area contributed by atoms with Gasteiger partial charge in [0, 0.05) is 12.2 Å². The maximum absolute atomic E-state index is 13.7. The Morgan fingerprint density at radius 1 is 0.935 bits per heavy atom. The van der Waals surface area contributed by atoms with E-state index >= 15 is 0 Å². The molecule has 4 heterocycles. The molecule has 4 atom stereocenters. The summed E-state index contributed by atoms with van der Waals surface area (Å²) in [5.74, 6) is -1.55. The van der Waals surface area contributed by atoms with Gasteiger partial charge in [-0.1, -0.05) is 43.5 Å². The first-order valence-electron chi connectivity index (χ1n) is 11.2. The third-order valence-electron chi connectivity index (χ3n) is 7.47. The Morgan fingerprint density at radius 2 is 1.71 bits per heavy atom. The second-order valence-corrected chi connectivity index (χ2v) is 9.01. The van der Waals surface area contributed by atoms with Crippen molar-refractivity contribution in [2.45, 2.75) is 50.2 Å². The van der Waals surface area contributed by atoms with E-state index in [2.05, 4.69) is 0 Å². The van der Waals surface area contributed by atoms with Crippen molar-refractivity contribution < 1.29 is 18.8 Å². The van der Waals surface area contributed by atoms with Gasteiger partial charge in [0.25, 0.3) is 0 Å². The lowest BCUT2D eigenvalue weighted by molar-refractivity contribution is -0.144. The largest absolute Gasteiger partial charge is 0.461 e. The van der Waals surface area contributed by atoms with Gasteiger partial charge >= 0.3 is 0 Å². The summed E-state index contributed by atoms with van der Waals surface area (Å²) in [5, 5.41) is 0. The van der Waals surface area contributed by atoms with Crippen LogP contribution in [-0.4, -0.2) is 39.5 Å². The molecular formula is C25H24N2O4. The van der Waals surface area contributed by atoms with Crippen LogP contribution in [0.15, 0.2) is 53.3 Å². The lowest BCUT2D eigenvalue weighted by Crippen LogP contribution is -2.47. The van der Waals surface area contributed by atoms with Gasteiger partial charge in [0.2, 0.25) is 17.6 Å². The molecule has 4 aliphatic rings. The van der Waals surface area contributed by atoms with Crippen molar-refractivity contribution in [1.82, 2.24) is 9.80 Å². The molecule has 31 heavy (non-hydrogen) atoms. The average molecular weight is 416 g/mol. The van der Waals surface area contributed by atoms with Crippen molar-refractivity contribution in [2.24, 2.45) is 11.8 Å². The number of carbonyl (C=O) groups excluding carboxylic acids is 3. The summed E-state index contributed by atoms with van der Waals surface area (Å²) in [5.41, 5.74) is 2.03. The van der Waals surface area contributed by atoms with Crippen molar-refractivity contribution in [3.8, 4) is 0 Å². The third kappa shape index (κ3) is 2.60. The highest BCUT2D eigenvalue weighted by Crippen LogP contribution is 2.53. The average Bonchev–Trinajstić information content (AvgIpc) is 3.50. The topological polar surface area (TPSA) is 70.8 Å². The van der Waals surface area contributed by atoms with Gasteiger partial charge in [0.15, 0.2) is 5.76 Å². The molecule has 6 rings (SSSR count). The highest BCUT2D eigenvalue weighted by molar-refractivity contribution is 6.11. The molecule has 2 aromatic rings. The van der Waals surface area contributed by atoms with Gasteiger partial charge in [0.1, 0.15) is 6.04 Å². The maximum Gasteiger partial charge on any atom is 0.236 e. The number of amides is 2. The van der Waals surface area contributed by atoms with Crippen molar-refractivity contribution in [1.29, 1.82) is 0 Å². The minimum Gasteiger partial charge on any atom is -0.461 e. The van der Waals surface area contributed by atoms with Crippen LogP contribution in [0.4, 0.5) is 0 Å². The number of furan rings is 1. The quantitative estimate of drug-likeness (QED) is 0.562. The molecule has 0 radical (unpaired) electrons. The Labute approximate surface area is 180 Å². The van der Waals surface area contributed by atoms with E-state index in [0.717, 1.165) is 43.2 Å². The van der Waals surface area contributed by atoms with E-state index < -0.39 is 17.9 Å². The Kier molecular flexibility index (Phi) is 4.16. The van der Waals surface area contributed by atoms with E-state index in [9.17, 15) is 14.4 Å². The minimum absolute atomic E-state index is 0.0402. The summed E-state index contributed by atoms with van der Waals surface area (Å²) >= 11 is 0. The van der Waals surface area contributed by atoms with Gasteiger partial charge in [-0.2, -0.15) is 0 Å². The van der Waals surface area contributed by atoms with E-state index in [1.165, 1.54) is 11.2 Å². The molecule has 6 heteroatoms. The fourth-order valence-corrected chi connectivity index (χ4v) is 6.14. The number of carbonyl (C=O) groups is 3. The van der Waals surface area contributed by atoms with Gasteiger partial charge in [0.05, 0.1) is 24.1 Å². The molecule has 3 aliphatic heterocycles. The maximum atomic E-state index is 13.7. The van der Waals surface area contributed by atoms with E-state index in [0.29, 0.717) is 0 Å². The van der Waals surface area contributed by atoms with Crippen LogP contribution in [-0.2, 0) is 9.59 Å². The van der Waals surface area contributed by atoms with Crippen molar-refractivity contribution in [3.63, 3.8) is 0 Å². The SMILES string of the molecule is O=C(c1ccco1)[C@@H]1[C@@H]2C(=O)N(C3CCCCC3)C(=O)[C@H]2[C@H]2c3ccccc3C=CN12. The predicted molar refractivity (Wildman–Crippen MR) is 113 cm³/mol. The molecule has 0 unspecified atom stereocenters. The molecule has 6 nitrogen and oxygen atoms in total. The number of hydrogen-bond acceptors (Lipinski definition) is 5. The fourth-order valence-electron chi connectivity index (χ4n) is 6.14. The molecule has 0 bridgehead atoms. The van der Waals surface area contributed by atoms with Gasteiger partial charge < -0.3 is 9.32 Å². The van der Waals surface area contributed by atoms with Crippen LogP contribution >= 0.6 is 0 Å². The van der Waals surface area contributed by atoms with E-state index in [-0.39, 0.29) is 35.4 Å². The smallest absolute Gasteiger partial charge is 0.236 e. The fraction of sp³-hybridized carbons (Fsp3) is 0.400. The zero-order valence-electron chi connectivity index (χ0n) is 17.1. The summed E-state index contributed by atoms with van der Waals surface area (Å²) < 4.78 is 5.40. The number of hydrogen-bond donors (Lipinski definition) is 0. The second-order valence-electron chi connectivity index (χ2n) is 9.01. The monoisotopic (exact) mass is 416 g/mol. The van der Waals surface area contributed by atoms with Gasteiger partial charge in [-0.15, -0.1) is 0 Å². The molecule has 0 spiro atoms. The summed E-state index contributed by atoms with van der Waals surface area (Å²) in [4.78, 5) is 44.4. The number of rotatable bonds is 3. The number of benzene rings is 1. The predicted octanol–water partition coefficient (Wildman–Crippen LogP) is 3.81. The van der Waals surface area contributed by atoms with Crippen LogP contribution < -0.4 is 0 Å². The molecule has 1 aromatic heterocycles. The summed E-state index contributed by atoms with van der Waals surface area (Å²) in [6, 6.07) is 10.1. The summed E-state index contributed by atoms with van der Waals surface area (Å²) in [6.07, 6.45) is 10.2. The number of fused-ring (bicyclic) bond motifs is 5. The minimum atomic E-state index is -0.740. The van der Waals surface area contributed by atoms with Gasteiger partial charge in [-0.05, 0) is 42.2 Å². The molecule has 1 aromatic carbocycles. The van der Waals surface area contributed by atoms with Crippen molar-refractivity contribution in [2.75, 3.05) is 0 Å². The molecular weight excluding hydrogens is 392 g/mol. The molecule has 1 saturated carbocycles. The Hall–Kier alpha value is -3.15. The lowest BCUT2D eigenvalue weighted by atomic mass is 9.84. The van der Waals surface area contributed by atoms with Crippen LogP contribution in [0, 0.1) is 11.8 Å². The Bertz CT molecular complexity index is 1080. The van der Waals surface area contributed by atoms with E-state index in [4.69, 9.17) is 4.42 Å². The third-order valence-corrected chi connectivity index (χ3v) is 7.47. The number of Topliss-reactive ketones (excluding diaryl/α,β-unsaturated/α-hetero) is 1. The second kappa shape index (κ2) is 6.94. The van der Waals surface area contributed by atoms with Crippen molar-refractivity contribution in [3.05, 3.63) is 65.7 Å². The van der Waals surface area contributed by atoms with Gasteiger partial charge in [-0.3, -0.25) is 19.3 Å². The first kappa shape index (κ1) is 18.6. The molecule has 158 valence electrons. The van der Waals surface area contributed by atoms with Crippen LogP contribution in [0.25, 0.3) is 6.08 Å². The Morgan fingerprint density at radius 3 is 2.48 bits per heavy atom. The lowest BCUT2D eigenvalue weighted by Gasteiger charge is -2.37. The number of likely N-dealkylation sites (tertiary alicyclic amines) is 1. The molecule has 1 aliphatic carbocycles. The van der Waals surface area contributed by atoms with Crippen LogP contribution in [0.5, 0.6) is 0 Å². The molecule has 0 N–H and O–H groups in total. The molecule has 3 fully saturated rings. The number of ketones is 1. The highest BCUT2D eigenvalue weighted by atomic mass is 16.3. The van der Waals surface area contributed by atoms with E-state index in [1.807, 2.05) is 41.4 Å². The van der Waals surface area contributed by atoms with Gasteiger partial charge in [-0.25, -0.2) is 0 Å². The first-order valence-corrected chi connectivity index (χ1v) is 11.2. The normalized spacial score (nSPS) is 29.8. The first-order chi connectivity index (χ1) is 15.2. The molecule has 2 amide bonds. The number of nitrogens with zero attached hydrogens (tertiary/aromatic N) is 2. The Balaban J connectivity index is 1.47. The van der Waals surface area contributed by atoms with Crippen LogP contribution in [0.3, 0.4) is 0 Å². The summed E-state index contributed by atoms with van der Waals surface area (Å²) in [6.45, 7) is 0. The number of imide groups is 1. The van der Waals surface area contributed by atoms with E-state index in [1.54, 1.807) is 12.1 Å². The van der Waals surface area contributed by atoms with Crippen LogP contribution in [0.1, 0.15) is 59.8 Å². The van der Waals surface area contributed by atoms with Crippen molar-refractivity contribution >= 4 is 23.7 Å². The standard InChI is InChI=1S/C25H24N2O4/c28-23(18-11-6-14-31-18)22-20-19(21-17-10-5-4-7-15(17)12-13-26(21)22)24(29)27(25(20)30)16-8-2-1-3-9-16/h4-7,10-14,16,19-22H,1-3,8-9H2/t19-,20-,21-,22+/m1/s1. The molecule has 2 saturated heterocycles. The van der Waals surface area contributed by atoms with Crippen LogP contribution in [0.2, 0.25) is 0 Å². The summed E-state index contributed by atoms with van der Waals surface area (Å²) in [7, 11) is 0. The zero-order valence-corrected chi connectivity index (χ0v) is 17.1.